The van der Waals surface area contributed by atoms with Crippen molar-refractivity contribution in [3.05, 3.63) is 90.0 Å². The van der Waals surface area contributed by atoms with Crippen LogP contribution in [0.4, 0.5) is 11.4 Å². The quantitative estimate of drug-likeness (QED) is 0.323. The first-order chi connectivity index (χ1) is 17.5. The second-order valence-electron chi connectivity index (χ2n) is 9.85. The lowest BCUT2D eigenvalue weighted by Crippen LogP contribution is -2.36. The number of rotatable bonds is 9. The normalized spacial score (nSPS) is 14.2. The molecule has 1 amide bonds. The molecule has 1 aliphatic rings. The third kappa shape index (κ3) is 6.64. The molecule has 0 saturated heterocycles. The molecule has 0 unspecified atom stereocenters. The second kappa shape index (κ2) is 12.5. The van der Waals surface area contributed by atoms with E-state index in [2.05, 4.69) is 85.7 Å². The van der Waals surface area contributed by atoms with Crippen LogP contribution in [0.5, 0.6) is 0 Å². The Hall–Kier alpha value is -3.37. The summed E-state index contributed by atoms with van der Waals surface area (Å²) < 4.78 is 5.14. The molecule has 0 spiro atoms. The minimum Gasteiger partial charge on any atom is -0.381 e. The molecule has 4 nitrogen and oxygen atoms in total. The summed E-state index contributed by atoms with van der Waals surface area (Å²) in [6.45, 7) is 1.14. The molecule has 0 aliphatic heterocycles. The van der Waals surface area contributed by atoms with Crippen molar-refractivity contribution >= 4 is 23.4 Å². The van der Waals surface area contributed by atoms with Crippen molar-refractivity contribution in [1.29, 1.82) is 0 Å². The van der Waals surface area contributed by atoms with E-state index in [1.165, 1.54) is 23.2 Å². The Morgan fingerprint density at radius 3 is 2.19 bits per heavy atom. The van der Waals surface area contributed by atoms with Crippen LogP contribution in [0.1, 0.15) is 43.2 Å². The highest BCUT2D eigenvalue weighted by molar-refractivity contribution is 5.95. The van der Waals surface area contributed by atoms with Gasteiger partial charge in [0.25, 0.3) is 0 Å². The molecule has 1 saturated carbocycles. The highest BCUT2D eigenvalue weighted by Gasteiger charge is 2.27. The van der Waals surface area contributed by atoms with Crippen LogP contribution in [0, 0.1) is 5.92 Å². The predicted molar refractivity (Wildman–Crippen MR) is 151 cm³/mol. The summed E-state index contributed by atoms with van der Waals surface area (Å²) in [6.07, 6.45) is 9.55. The number of nitrogens with zero attached hydrogens (tertiary/aromatic N) is 2. The SMILES string of the molecule is COC/C=C/c1cccc(N(Cc2ccc(-c3ccc(N(C)C)cc3)cc2)C(=O)C2CCCCC2)c1. The monoisotopic (exact) mass is 482 g/mol. The summed E-state index contributed by atoms with van der Waals surface area (Å²) in [5, 5.41) is 0. The van der Waals surface area contributed by atoms with E-state index in [-0.39, 0.29) is 11.8 Å². The van der Waals surface area contributed by atoms with Gasteiger partial charge in [0.2, 0.25) is 5.91 Å². The van der Waals surface area contributed by atoms with E-state index in [9.17, 15) is 4.79 Å². The van der Waals surface area contributed by atoms with Gasteiger partial charge in [-0.1, -0.05) is 79.9 Å². The van der Waals surface area contributed by atoms with Crippen molar-refractivity contribution in [3.8, 4) is 11.1 Å². The number of hydrogen-bond donors (Lipinski definition) is 0. The maximum atomic E-state index is 13.7. The molecule has 4 heteroatoms. The molecule has 36 heavy (non-hydrogen) atoms. The summed E-state index contributed by atoms with van der Waals surface area (Å²) in [5.74, 6) is 0.358. The van der Waals surface area contributed by atoms with Crippen molar-refractivity contribution in [2.45, 2.75) is 38.6 Å². The fraction of sp³-hybridized carbons (Fsp3) is 0.344. The smallest absolute Gasteiger partial charge is 0.230 e. The van der Waals surface area contributed by atoms with E-state index in [4.69, 9.17) is 4.74 Å². The van der Waals surface area contributed by atoms with Gasteiger partial charge in [0.05, 0.1) is 13.2 Å². The third-order valence-corrected chi connectivity index (χ3v) is 6.99. The maximum Gasteiger partial charge on any atom is 0.230 e. The van der Waals surface area contributed by atoms with E-state index in [1.54, 1.807) is 7.11 Å². The molecule has 0 atom stereocenters. The minimum atomic E-state index is 0.112. The maximum absolute atomic E-state index is 13.7. The van der Waals surface area contributed by atoms with Gasteiger partial charge in [0.1, 0.15) is 0 Å². The van der Waals surface area contributed by atoms with Crippen LogP contribution in [0.2, 0.25) is 0 Å². The van der Waals surface area contributed by atoms with Crippen molar-refractivity contribution < 1.29 is 9.53 Å². The van der Waals surface area contributed by atoms with Crippen LogP contribution < -0.4 is 9.80 Å². The lowest BCUT2D eigenvalue weighted by molar-refractivity contribution is -0.123. The summed E-state index contributed by atoms with van der Waals surface area (Å²) >= 11 is 0. The molecule has 3 aromatic carbocycles. The number of benzene rings is 3. The molecule has 1 fully saturated rings. The number of carbonyl (C=O) groups excluding carboxylic acids is 1. The van der Waals surface area contributed by atoms with Gasteiger partial charge >= 0.3 is 0 Å². The average molecular weight is 483 g/mol. The number of hydrogen-bond acceptors (Lipinski definition) is 3. The Morgan fingerprint density at radius 2 is 1.56 bits per heavy atom. The van der Waals surface area contributed by atoms with E-state index < -0.39 is 0 Å². The largest absolute Gasteiger partial charge is 0.381 e. The van der Waals surface area contributed by atoms with Crippen LogP contribution >= 0.6 is 0 Å². The molecule has 0 bridgehead atoms. The number of ether oxygens (including phenoxy) is 1. The Morgan fingerprint density at radius 1 is 0.889 bits per heavy atom. The Bertz CT molecular complexity index is 1140. The fourth-order valence-corrected chi connectivity index (χ4v) is 4.88. The Balaban J connectivity index is 1.57. The van der Waals surface area contributed by atoms with Crippen LogP contribution in [-0.4, -0.2) is 33.7 Å². The zero-order valence-corrected chi connectivity index (χ0v) is 21.8. The van der Waals surface area contributed by atoms with Gasteiger partial charge in [-0.3, -0.25) is 4.79 Å². The molecule has 4 rings (SSSR count). The molecule has 0 N–H and O–H groups in total. The second-order valence-corrected chi connectivity index (χ2v) is 9.85. The zero-order valence-electron chi connectivity index (χ0n) is 21.8. The molecule has 0 radical (unpaired) electrons. The first kappa shape index (κ1) is 25.7. The summed E-state index contributed by atoms with van der Waals surface area (Å²) in [5.41, 5.74) is 6.72. The van der Waals surface area contributed by atoms with Gasteiger partial charge in [-0.05, 0) is 59.4 Å². The zero-order chi connectivity index (χ0) is 25.3. The van der Waals surface area contributed by atoms with Crippen LogP contribution in [0.3, 0.4) is 0 Å². The van der Waals surface area contributed by atoms with Crippen molar-refractivity contribution in [3.63, 3.8) is 0 Å². The summed E-state index contributed by atoms with van der Waals surface area (Å²) in [4.78, 5) is 17.8. The highest BCUT2D eigenvalue weighted by Crippen LogP contribution is 2.30. The van der Waals surface area contributed by atoms with Crippen LogP contribution in [0.15, 0.2) is 78.9 Å². The first-order valence-corrected chi connectivity index (χ1v) is 13.0. The molecule has 3 aromatic rings. The van der Waals surface area contributed by atoms with Crippen molar-refractivity contribution in [2.75, 3.05) is 37.6 Å². The number of methoxy groups -OCH3 is 1. The Labute approximate surface area is 216 Å². The number of carbonyl (C=O) groups is 1. The fourth-order valence-electron chi connectivity index (χ4n) is 4.88. The van der Waals surface area contributed by atoms with Gasteiger partial charge in [-0.2, -0.15) is 0 Å². The number of amides is 1. The van der Waals surface area contributed by atoms with Gasteiger partial charge in [0, 0.05) is 38.5 Å². The van der Waals surface area contributed by atoms with Gasteiger partial charge < -0.3 is 14.5 Å². The molecule has 0 aromatic heterocycles. The molecule has 1 aliphatic carbocycles. The van der Waals surface area contributed by atoms with Gasteiger partial charge in [-0.25, -0.2) is 0 Å². The lowest BCUT2D eigenvalue weighted by atomic mass is 9.88. The van der Waals surface area contributed by atoms with Crippen LogP contribution in [0.25, 0.3) is 17.2 Å². The molecule has 188 valence electrons. The van der Waals surface area contributed by atoms with E-state index in [0.717, 1.165) is 42.5 Å². The summed E-state index contributed by atoms with van der Waals surface area (Å²) in [7, 11) is 5.79. The standard InChI is InChI=1S/C32H38N2O2/c1-33(2)30-20-18-28(19-21-30)27-16-14-26(15-17-27)24-34(32(35)29-11-5-4-6-12-29)31-13-7-9-25(23-31)10-8-22-36-3/h7-10,13-21,23,29H,4-6,11-12,22,24H2,1-3H3/b10-8+. The number of anilines is 2. The molecular formula is C32H38N2O2. The van der Waals surface area contributed by atoms with E-state index in [1.807, 2.05) is 23.1 Å². The molecule has 0 heterocycles. The van der Waals surface area contributed by atoms with E-state index in [0.29, 0.717) is 13.2 Å². The highest BCUT2D eigenvalue weighted by atomic mass is 16.5. The van der Waals surface area contributed by atoms with E-state index >= 15 is 0 Å². The summed E-state index contributed by atoms with van der Waals surface area (Å²) in [6, 6.07) is 25.5. The van der Waals surface area contributed by atoms with Crippen LogP contribution in [-0.2, 0) is 16.1 Å². The lowest BCUT2D eigenvalue weighted by Gasteiger charge is -2.30. The van der Waals surface area contributed by atoms with Gasteiger partial charge in [-0.15, -0.1) is 0 Å². The van der Waals surface area contributed by atoms with Crippen molar-refractivity contribution in [1.82, 2.24) is 0 Å². The third-order valence-electron chi connectivity index (χ3n) is 6.99. The average Bonchev–Trinajstić information content (AvgIpc) is 2.92. The Kier molecular flexibility index (Phi) is 8.96. The first-order valence-electron chi connectivity index (χ1n) is 13.0. The molecular weight excluding hydrogens is 444 g/mol. The predicted octanol–water partition coefficient (Wildman–Crippen LogP) is 7.19. The van der Waals surface area contributed by atoms with Crippen molar-refractivity contribution in [2.24, 2.45) is 5.92 Å². The van der Waals surface area contributed by atoms with Gasteiger partial charge in [0.15, 0.2) is 0 Å². The minimum absolute atomic E-state index is 0.112. The topological polar surface area (TPSA) is 32.8 Å².